The average molecular weight is 273 g/mol. The Labute approximate surface area is 117 Å². The van der Waals surface area contributed by atoms with Crippen LogP contribution in [0.25, 0.3) is 0 Å². The van der Waals surface area contributed by atoms with E-state index in [9.17, 15) is 9.18 Å². The maximum Gasteiger partial charge on any atom is 0.224 e. The number of amides is 1. The molecule has 0 radical (unpaired) electrons. The number of aliphatic hydroxyl groups excluding tert-OH is 1. The zero-order valence-electron chi connectivity index (χ0n) is 11.0. The van der Waals surface area contributed by atoms with Crippen LogP contribution >= 0.6 is 0 Å². The van der Waals surface area contributed by atoms with Crippen molar-refractivity contribution in [2.75, 3.05) is 0 Å². The molecule has 2 rings (SSSR count). The van der Waals surface area contributed by atoms with Crippen molar-refractivity contribution in [1.29, 1.82) is 0 Å². The third-order valence-corrected chi connectivity index (χ3v) is 2.94. The zero-order valence-corrected chi connectivity index (χ0v) is 11.0. The van der Waals surface area contributed by atoms with Crippen LogP contribution in [0.15, 0.2) is 48.5 Å². The maximum atomic E-state index is 12.7. The van der Waals surface area contributed by atoms with Gasteiger partial charge < -0.3 is 10.4 Å². The number of hydrogen-bond donors (Lipinski definition) is 2. The predicted octanol–water partition coefficient (Wildman–Crippen LogP) is 2.18. The monoisotopic (exact) mass is 273 g/mol. The van der Waals surface area contributed by atoms with Crippen molar-refractivity contribution in [3.05, 3.63) is 71.0 Å². The van der Waals surface area contributed by atoms with E-state index in [-0.39, 0.29) is 24.8 Å². The number of halogens is 1. The van der Waals surface area contributed by atoms with E-state index in [0.29, 0.717) is 6.54 Å². The summed E-state index contributed by atoms with van der Waals surface area (Å²) in [5, 5.41) is 11.8. The first-order valence-electron chi connectivity index (χ1n) is 6.37. The molecule has 1 amide bonds. The van der Waals surface area contributed by atoms with Crippen molar-refractivity contribution >= 4 is 5.91 Å². The van der Waals surface area contributed by atoms with Crippen LogP contribution in [0.1, 0.15) is 16.7 Å². The van der Waals surface area contributed by atoms with Crippen LogP contribution in [0.2, 0.25) is 0 Å². The summed E-state index contributed by atoms with van der Waals surface area (Å²) < 4.78 is 12.7. The minimum atomic E-state index is -0.310. The van der Waals surface area contributed by atoms with E-state index in [0.717, 1.165) is 16.7 Å². The molecule has 0 saturated heterocycles. The number of benzene rings is 2. The highest BCUT2D eigenvalue weighted by Crippen LogP contribution is 2.06. The van der Waals surface area contributed by atoms with Gasteiger partial charge in [0.15, 0.2) is 0 Å². The van der Waals surface area contributed by atoms with Crippen LogP contribution in [-0.2, 0) is 24.4 Å². The van der Waals surface area contributed by atoms with Crippen molar-refractivity contribution in [1.82, 2.24) is 5.32 Å². The van der Waals surface area contributed by atoms with E-state index in [1.165, 1.54) is 12.1 Å². The summed E-state index contributed by atoms with van der Waals surface area (Å²) in [6, 6.07) is 13.3. The van der Waals surface area contributed by atoms with Crippen molar-refractivity contribution in [3.63, 3.8) is 0 Å². The van der Waals surface area contributed by atoms with Gasteiger partial charge in [-0.3, -0.25) is 4.79 Å². The molecule has 104 valence electrons. The van der Waals surface area contributed by atoms with E-state index in [1.807, 2.05) is 24.3 Å². The van der Waals surface area contributed by atoms with Crippen LogP contribution in [0.4, 0.5) is 4.39 Å². The smallest absolute Gasteiger partial charge is 0.224 e. The minimum absolute atomic E-state index is 0.0165. The molecule has 2 aromatic carbocycles. The largest absolute Gasteiger partial charge is 0.392 e. The number of aliphatic hydroxyl groups is 1. The number of rotatable bonds is 5. The lowest BCUT2D eigenvalue weighted by atomic mass is 10.1. The van der Waals surface area contributed by atoms with Gasteiger partial charge in [-0.15, -0.1) is 0 Å². The minimum Gasteiger partial charge on any atom is -0.392 e. The fourth-order valence-corrected chi connectivity index (χ4v) is 1.89. The maximum absolute atomic E-state index is 12.7. The van der Waals surface area contributed by atoms with Crippen LogP contribution < -0.4 is 5.32 Å². The summed E-state index contributed by atoms with van der Waals surface area (Å²) in [4.78, 5) is 11.8. The molecule has 0 bridgehead atoms. The highest BCUT2D eigenvalue weighted by molar-refractivity contribution is 5.78. The summed E-state index contributed by atoms with van der Waals surface area (Å²) in [6.07, 6.45) is 0.222. The van der Waals surface area contributed by atoms with Crippen LogP contribution in [0.5, 0.6) is 0 Å². The molecule has 4 heteroatoms. The Hall–Kier alpha value is -2.20. The lowest BCUT2D eigenvalue weighted by Crippen LogP contribution is -2.24. The van der Waals surface area contributed by atoms with Gasteiger partial charge in [0.1, 0.15) is 5.82 Å². The first-order chi connectivity index (χ1) is 9.67. The molecule has 0 heterocycles. The second-order valence-corrected chi connectivity index (χ2v) is 4.56. The van der Waals surface area contributed by atoms with Crippen molar-refractivity contribution in [2.24, 2.45) is 0 Å². The average Bonchev–Trinajstić information content (AvgIpc) is 2.48. The van der Waals surface area contributed by atoms with E-state index >= 15 is 0 Å². The normalized spacial score (nSPS) is 10.3. The van der Waals surface area contributed by atoms with Crippen LogP contribution in [0, 0.1) is 5.82 Å². The topological polar surface area (TPSA) is 49.3 Å². The summed E-state index contributed by atoms with van der Waals surface area (Å²) >= 11 is 0. The summed E-state index contributed by atoms with van der Waals surface area (Å²) in [5.74, 6) is -0.430. The fraction of sp³-hybridized carbons (Fsp3) is 0.188. The molecular formula is C16H16FNO2. The molecule has 0 aliphatic rings. The van der Waals surface area contributed by atoms with Gasteiger partial charge in [-0.25, -0.2) is 4.39 Å². The number of hydrogen-bond acceptors (Lipinski definition) is 2. The quantitative estimate of drug-likeness (QED) is 0.877. The van der Waals surface area contributed by atoms with Crippen molar-refractivity contribution < 1.29 is 14.3 Å². The van der Waals surface area contributed by atoms with Gasteiger partial charge in [0.25, 0.3) is 0 Å². The fourth-order valence-electron chi connectivity index (χ4n) is 1.89. The Kier molecular flexibility index (Phi) is 4.85. The van der Waals surface area contributed by atoms with E-state index in [2.05, 4.69) is 5.32 Å². The van der Waals surface area contributed by atoms with E-state index in [4.69, 9.17) is 5.11 Å². The summed E-state index contributed by atoms with van der Waals surface area (Å²) in [7, 11) is 0. The van der Waals surface area contributed by atoms with Crippen LogP contribution in [-0.4, -0.2) is 11.0 Å². The number of carbonyl (C=O) groups excluding carboxylic acids is 1. The second kappa shape index (κ2) is 6.82. The highest BCUT2D eigenvalue weighted by atomic mass is 19.1. The second-order valence-electron chi connectivity index (χ2n) is 4.56. The molecular weight excluding hydrogens is 257 g/mol. The van der Waals surface area contributed by atoms with Gasteiger partial charge in [0, 0.05) is 6.54 Å². The Balaban J connectivity index is 1.87. The Bertz CT molecular complexity index is 581. The Morgan fingerprint density at radius 2 is 1.75 bits per heavy atom. The molecule has 0 saturated carbocycles. The van der Waals surface area contributed by atoms with Gasteiger partial charge in [-0.1, -0.05) is 36.4 Å². The molecule has 3 nitrogen and oxygen atoms in total. The molecule has 0 aliphatic carbocycles. The molecule has 0 fully saturated rings. The third-order valence-electron chi connectivity index (χ3n) is 2.94. The lowest BCUT2D eigenvalue weighted by Gasteiger charge is -2.07. The standard InChI is InChI=1S/C16H16FNO2/c17-15-6-4-12(5-7-15)9-16(20)18-10-13-2-1-3-14(8-13)11-19/h1-8,19H,9-11H2,(H,18,20). The van der Waals surface area contributed by atoms with Crippen LogP contribution in [0.3, 0.4) is 0 Å². The lowest BCUT2D eigenvalue weighted by molar-refractivity contribution is -0.120. The van der Waals surface area contributed by atoms with E-state index in [1.54, 1.807) is 12.1 Å². The molecule has 0 unspecified atom stereocenters. The summed E-state index contributed by atoms with van der Waals surface area (Å²) in [6.45, 7) is 0.394. The first-order valence-corrected chi connectivity index (χ1v) is 6.37. The molecule has 0 spiro atoms. The molecule has 20 heavy (non-hydrogen) atoms. The summed E-state index contributed by atoms with van der Waals surface area (Å²) in [5.41, 5.74) is 2.52. The highest BCUT2D eigenvalue weighted by Gasteiger charge is 2.04. The van der Waals surface area contributed by atoms with Gasteiger partial charge in [-0.05, 0) is 28.8 Å². The number of nitrogens with one attached hydrogen (secondary N) is 1. The number of carbonyl (C=O) groups is 1. The molecule has 0 aliphatic heterocycles. The van der Waals surface area contributed by atoms with Crippen molar-refractivity contribution in [2.45, 2.75) is 19.6 Å². The SMILES string of the molecule is O=C(Cc1ccc(F)cc1)NCc1cccc(CO)c1. The molecule has 0 aromatic heterocycles. The van der Waals surface area contributed by atoms with Gasteiger partial charge in [0.2, 0.25) is 5.91 Å². The zero-order chi connectivity index (χ0) is 14.4. The van der Waals surface area contributed by atoms with E-state index < -0.39 is 0 Å². The predicted molar refractivity (Wildman–Crippen MR) is 74.3 cm³/mol. The van der Waals surface area contributed by atoms with Gasteiger partial charge in [-0.2, -0.15) is 0 Å². The molecule has 2 N–H and O–H groups in total. The van der Waals surface area contributed by atoms with Crippen molar-refractivity contribution in [3.8, 4) is 0 Å². The van der Waals surface area contributed by atoms with Gasteiger partial charge in [0.05, 0.1) is 13.0 Å². The third kappa shape index (κ3) is 4.17. The first kappa shape index (κ1) is 14.2. The Morgan fingerprint density at radius 3 is 2.45 bits per heavy atom. The molecule has 2 aromatic rings. The van der Waals surface area contributed by atoms with Gasteiger partial charge >= 0.3 is 0 Å². The molecule has 0 atom stereocenters. The Morgan fingerprint density at radius 1 is 1.05 bits per heavy atom.